The summed E-state index contributed by atoms with van der Waals surface area (Å²) >= 11 is 5.66. The van der Waals surface area contributed by atoms with Gasteiger partial charge in [0.2, 0.25) is 0 Å². The molecule has 1 aromatic rings. The predicted molar refractivity (Wildman–Crippen MR) is 64.3 cm³/mol. The van der Waals surface area contributed by atoms with Crippen LogP contribution in [-0.2, 0) is 6.54 Å². The van der Waals surface area contributed by atoms with E-state index in [1.807, 2.05) is 0 Å². The fraction of sp³-hybridized carbons (Fsp3) is 0.636. The van der Waals surface area contributed by atoms with Crippen molar-refractivity contribution in [2.24, 2.45) is 0 Å². The molecular weight excluding hydrogens is 226 g/mol. The number of hydrogen-bond donors (Lipinski definition) is 1. The van der Waals surface area contributed by atoms with Crippen LogP contribution >= 0.6 is 11.6 Å². The highest BCUT2D eigenvalue weighted by molar-refractivity contribution is 6.29. The van der Waals surface area contributed by atoms with Gasteiger partial charge in [-0.2, -0.15) is 0 Å². The van der Waals surface area contributed by atoms with Crippen molar-refractivity contribution in [1.29, 1.82) is 0 Å². The lowest BCUT2D eigenvalue weighted by Crippen LogP contribution is -2.38. The molecule has 0 fully saturated rings. The first-order valence-corrected chi connectivity index (χ1v) is 5.69. The molecule has 0 amide bonds. The molecule has 0 aromatic carbocycles. The third-order valence-electron chi connectivity index (χ3n) is 2.12. The summed E-state index contributed by atoms with van der Waals surface area (Å²) in [5, 5.41) is 10.1. The molecular formula is C11H18ClN3O. The van der Waals surface area contributed by atoms with Gasteiger partial charge < -0.3 is 5.11 Å². The van der Waals surface area contributed by atoms with Crippen LogP contribution in [0.5, 0.6) is 0 Å². The lowest BCUT2D eigenvalue weighted by molar-refractivity contribution is 0.0349. The lowest BCUT2D eigenvalue weighted by atomic mass is 10.1. The lowest BCUT2D eigenvalue weighted by Gasteiger charge is -2.27. The van der Waals surface area contributed by atoms with E-state index in [2.05, 4.69) is 21.8 Å². The first-order valence-electron chi connectivity index (χ1n) is 5.32. The second-order valence-corrected chi connectivity index (χ2v) is 4.83. The van der Waals surface area contributed by atoms with Gasteiger partial charge in [0.15, 0.2) is 0 Å². The molecule has 0 aliphatic carbocycles. The molecule has 1 aromatic heterocycles. The molecule has 0 spiro atoms. The molecule has 0 aliphatic rings. The quantitative estimate of drug-likeness (QED) is 0.856. The second-order valence-electron chi connectivity index (χ2n) is 4.45. The van der Waals surface area contributed by atoms with Crippen LogP contribution < -0.4 is 0 Å². The Morgan fingerprint density at radius 3 is 2.50 bits per heavy atom. The zero-order valence-corrected chi connectivity index (χ0v) is 10.7. The third kappa shape index (κ3) is 4.88. The van der Waals surface area contributed by atoms with E-state index in [0.717, 1.165) is 12.2 Å². The molecule has 0 saturated carbocycles. The third-order valence-corrected chi connectivity index (χ3v) is 2.31. The zero-order chi connectivity index (χ0) is 12.2. The Kier molecular flexibility index (Phi) is 4.65. The van der Waals surface area contributed by atoms with E-state index in [9.17, 15) is 5.11 Å². The number of aliphatic hydroxyl groups is 1. The Hall–Kier alpha value is -0.710. The standard InChI is InChI=1S/C11H18ClN3O/c1-4-15(8-11(2,3)16)7-9-5-14-10(12)6-13-9/h5-6,16H,4,7-8H2,1-3H3. The van der Waals surface area contributed by atoms with Gasteiger partial charge in [-0.15, -0.1) is 0 Å². The van der Waals surface area contributed by atoms with Gasteiger partial charge in [0.05, 0.1) is 23.7 Å². The van der Waals surface area contributed by atoms with Gasteiger partial charge in [-0.1, -0.05) is 18.5 Å². The van der Waals surface area contributed by atoms with Crippen molar-refractivity contribution in [3.8, 4) is 0 Å². The maximum absolute atomic E-state index is 9.74. The van der Waals surface area contributed by atoms with E-state index in [-0.39, 0.29) is 0 Å². The maximum atomic E-state index is 9.74. The van der Waals surface area contributed by atoms with Gasteiger partial charge in [0.1, 0.15) is 5.15 Å². The summed E-state index contributed by atoms with van der Waals surface area (Å²) < 4.78 is 0. The molecule has 0 bridgehead atoms. The van der Waals surface area contributed by atoms with Crippen molar-refractivity contribution in [3.05, 3.63) is 23.2 Å². The normalized spacial score (nSPS) is 12.1. The zero-order valence-electron chi connectivity index (χ0n) is 9.94. The van der Waals surface area contributed by atoms with Gasteiger partial charge >= 0.3 is 0 Å². The molecule has 0 atom stereocenters. The molecule has 0 unspecified atom stereocenters. The maximum Gasteiger partial charge on any atom is 0.147 e. The SMILES string of the molecule is CCN(Cc1cnc(Cl)cn1)CC(C)(C)O. The molecule has 4 nitrogen and oxygen atoms in total. The Morgan fingerprint density at radius 2 is 2.06 bits per heavy atom. The number of aromatic nitrogens is 2. The summed E-state index contributed by atoms with van der Waals surface area (Å²) in [5.41, 5.74) is 0.158. The van der Waals surface area contributed by atoms with Crippen LogP contribution in [0.3, 0.4) is 0 Å². The van der Waals surface area contributed by atoms with Gasteiger partial charge in [0, 0.05) is 13.1 Å². The van der Waals surface area contributed by atoms with Crippen molar-refractivity contribution in [2.75, 3.05) is 13.1 Å². The number of halogens is 1. The van der Waals surface area contributed by atoms with Crippen molar-refractivity contribution in [2.45, 2.75) is 32.9 Å². The number of hydrogen-bond acceptors (Lipinski definition) is 4. The van der Waals surface area contributed by atoms with Gasteiger partial charge in [-0.3, -0.25) is 9.88 Å². The summed E-state index contributed by atoms with van der Waals surface area (Å²) in [6, 6.07) is 0. The summed E-state index contributed by atoms with van der Waals surface area (Å²) in [7, 11) is 0. The van der Waals surface area contributed by atoms with Crippen LogP contribution in [0.4, 0.5) is 0 Å². The van der Waals surface area contributed by atoms with E-state index >= 15 is 0 Å². The van der Waals surface area contributed by atoms with Crippen molar-refractivity contribution >= 4 is 11.6 Å². The molecule has 5 heteroatoms. The van der Waals surface area contributed by atoms with Gasteiger partial charge in [-0.25, -0.2) is 4.98 Å². The Bertz CT molecular complexity index is 321. The molecule has 0 aliphatic heterocycles. The molecule has 1 N–H and O–H groups in total. The first-order chi connectivity index (χ1) is 7.40. The van der Waals surface area contributed by atoms with E-state index in [1.165, 1.54) is 6.20 Å². The Balaban J connectivity index is 2.60. The minimum atomic E-state index is -0.699. The highest BCUT2D eigenvalue weighted by atomic mass is 35.5. The van der Waals surface area contributed by atoms with E-state index < -0.39 is 5.60 Å². The number of likely N-dealkylation sites (N-methyl/N-ethyl adjacent to an activating group) is 1. The van der Waals surface area contributed by atoms with Crippen LogP contribution in [0.2, 0.25) is 5.15 Å². The average Bonchev–Trinajstić information content (AvgIpc) is 2.18. The number of nitrogens with zero attached hydrogens (tertiary/aromatic N) is 3. The van der Waals surface area contributed by atoms with Gasteiger partial charge in [0.25, 0.3) is 0 Å². The molecule has 0 saturated heterocycles. The highest BCUT2D eigenvalue weighted by Crippen LogP contribution is 2.09. The Morgan fingerprint density at radius 1 is 1.38 bits per heavy atom. The van der Waals surface area contributed by atoms with E-state index in [4.69, 9.17) is 11.6 Å². The summed E-state index contributed by atoms with van der Waals surface area (Å²) in [4.78, 5) is 10.3. The highest BCUT2D eigenvalue weighted by Gasteiger charge is 2.17. The van der Waals surface area contributed by atoms with Crippen LogP contribution in [0.1, 0.15) is 26.5 Å². The second kappa shape index (κ2) is 5.57. The number of rotatable bonds is 5. The average molecular weight is 244 g/mol. The van der Waals surface area contributed by atoms with Crippen LogP contribution in [0.15, 0.2) is 12.4 Å². The largest absolute Gasteiger partial charge is 0.389 e. The fourth-order valence-electron chi connectivity index (χ4n) is 1.48. The molecule has 90 valence electrons. The molecule has 0 radical (unpaired) electrons. The minimum absolute atomic E-state index is 0.397. The van der Waals surface area contributed by atoms with Crippen molar-refractivity contribution in [3.63, 3.8) is 0 Å². The van der Waals surface area contributed by atoms with E-state index in [0.29, 0.717) is 18.2 Å². The summed E-state index contributed by atoms with van der Waals surface area (Å²) in [6.45, 7) is 7.77. The smallest absolute Gasteiger partial charge is 0.147 e. The van der Waals surface area contributed by atoms with Gasteiger partial charge in [-0.05, 0) is 20.4 Å². The Labute approximate surface area is 101 Å². The minimum Gasteiger partial charge on any atom is -0.389 e. The fourth-order valence-corrected chi connectivity index (χ4v) is 1.57. The topological polar surface area (TPSA) is 49.2 Å². The van der Waals surface area contributed by atoms with Crippen LogP contribution in [-0.4, -0.2) is 38.7 Å². The first kappa shape index (κ1) is 13.4. The van der Waals surface area contributed by atoms with Crippen LogP contribution in [0, 0.1) is 0 Å². The predicted octanol–water partition coefficient (Wildman–Crippen LogP) is 1.72. The summed E-state index contributed by atoms with van der Waals surface area (Å²) in [6.07, 6.45) is 3.20. The molecule has 1 heterocycles. The monoisotopic (exact) mass is 243 g/mol. The van der Waals surface area contributed by atoms with E-state index in [1.54, 1.807) is 20.0 Å². The van der Waals surface area contributed by atoms with Crippen molar-refractivity contribution in [1.82, 2.24) is 14.9 Å². The van der Waals surface area contributed by atoms with Crippen molar-refractivity contribution < 1.29 is 5.11 Å². The van der Waals surface area contributed by atoms with Crippen LogP contribution in [0.25, 0.3) is 0 Å². The molecule has 16 heavy (non-hydrogen) atoms. The summed E-state index contributed by atoms with van der Waals surface area (Å²) in [5.74, 6) is 0. The molecule has 1 rings (SSSR count).